The fourth-order valence-electron chi connectivity index (χ4n) is 3.22. The molecular weight excluding hydrogens is 301 g/mol. The Morgan fingerprint density at radius 1 is 1.45 bits per heavy atom. The minimum absolute atomic E-state index is 0.0858. The summed E-state index contributed by atoms with van der Waals surface area (Å²) in [5.41, 5.74) is -2.03. The van der Waals surface area contributed by atoms with Crippen molar-refractivity contribution in [2.75, 3.05) is 31.2 Å². The maximum Gasteiger partial charge on any atom is 0.433 e. The standard InChI is InChI=1S/C14H15F3N2O3/c15-14(16,17)10-2-1-3-11(18-10)19-6-9-4-5-22-8-13(9,7-19)12(20)21/h1-3,9H,4-8H2,(H,20,21)/t9-,13+/m0/s1. The molecule has 2 aliphatic heterocycles. The van der Waals surface area contributed by atoms with E-state index >= 15 is 0 Å². The third-order valence-corrected chi connectivity index (χ3v) is 4.44. The average molecular weight is 316 g/mol. The van der Waals surface area contributed by atoms with E-state index in [1.807, 2.05) is 0 Å². The molecule has 2 atom stereocenters. The normalized spacial score (nSPS) is 28.5. The van der Waals surface area contributed by atoms with Gasteiger partial charge in [-0.3, -0.25) is 4.79 Å². The van der Waals surface area contributed by atoms with Crippen LogP contribution in [0.3, 0.4) is 0 Å². The van der Waals surface area contributed by atoms with E-state index in [9.17, 15) is 23.1 Å². The number of carboxylic acids is 1. The van der Waals surface area contributed by atoms with Gasteiger partial charge >= 0.3 is 12.1 Å². The minimum Gasteiger partial charge on any atom is -0.481 e. The number of nitrogens with zero attached hydrogens (tertiary/aromatic N) is 2. The van der Waals surface area contributed by atoms with Gasteiger partial charge in [-0.05, 0) is 24.5 Å². The molecule has 3 rings (SSSR count). The number of aliphatic carboxylic acids is 1. The largest absolute Gasteiger partial charge is 0.481 e. The van der Waals surface area contributed by atoms with Gasteiger partial charge in [0.15, 0.2) is 0 Å². The predicted molar refractivity (Wildman–Crippen MR) is 70.4 cm³/mol. The van der Waals surface area contributed by atoms with Crippen molar-refractivity contribution in [1.82, 2.24) is 4.98 Å². The van der Waals surface area contributed by atoms with Crippen LogP contribution in [-0.2, 0) is 15.7 Å². The van der Waals surface area contributed by atoms with Crippen LogP contribution in [-0.4, -0.2) is 42.4 Å². The number of halogens is 3. The zero-order valence-corrected chi connectivity index (χ0v) is 11.6. The summed E-state index contributed by atoms with van der Waals surface area (Å²) in [5.74, 6) is -0.952. The number of anilines is 1. The van der Waals surface area contributed by atoms with Gasteiger partial charge in [-0.25, -0.2) is 4.98 Å². The fraction of sp³-hybridized carbons (Fsp3) is 0.571. The molecule has 0 unspecified atom stereocenters. The Morgan fingerprint density at radius 2 is 2.23 bits per heavy atom. The molecule has 1 aromatic heterocycles. The first kappa shape index (κ1) is 15.1. The van der Waals surface area contributed by atoms with Crippen LogP contribution in [0.5, 0.6) is 0 Å². The second-order valence-electron chi connectivity index (χ2n) is 5.76. The van der Waals surface area contributed by atoms with E-state index in [1.165, 1.54) is 12.1 Å². The van der Waals surface area contributed by atoms with E-state index in [0.717, 1.165) is 6.07 Å². The number of ether oxygens (including phenoxy) is 1. The molecule has 0 aliphatic carbocycles. The summed E-state index contributed by atoms with van der Waals surface area (Å²) in [5, 5.41) is 9.54. The first-order valence-corrected chi connectivity index (χ1v) is 6.93. The number of pyridine rings is 1. The molecule has 0 spiro atoms. The monoisotopic (exact) mass is 316 g/mol. The second-order valence-corrected chi connectivity index (χ2v) is 5.76. The number of rotatable bonds is 2. The van der Waals surface area contributed by atoms with E-state index in [2.05, 4.69) is 4.98 Å². The summed E-state index contributed by atoms with van der Waals surface area (Å²) in [4.78, 5) is 16.9. The third kappa shape index (κ3) is 2.41. The molecule has 0 aromatic carbocycles. The highest BCUT2D eigenvalue weighted by Gasteiger charge is 2.54. The Balaban J connectivity index is 1.90. The van der Waals surface area contributed by atoms with Gasteiger partial charge in [0.2, 0.25) is 0 Å². The second kappa shape index (κ2) is 5.12. The lowest BCUT2D eigenvalue weighted by Gasteiger charge is -2.33. The number of carboxylic acid groups (broad SMARTS) is 1. The van der Waals surface area contributed by atoms with Crippen LogP contribution in [0.25, 0.3) is 0 Å². The molecule has 3 heterocycles. The maximum atomic E-state index is 12.8. The lowest BCUT2D eigenvalue weighted by Crippen LogP contribution is -2.46. The van der Waals surface area contributed by atoms with Crippen molar-refractivity contribution in [2.24, 2.45) is 11.3 Å². The van der Waals surface area contributed by atoms with E-state index in [1.54, 1.807) is 4.90 Å². The van der Waals surface area contributed by atoms with Crippen molar-refractivity contribution in [3.05, 3.63) is 23.9 Å². The molecule has 22 heavy (non-hydrogen) atoms. The van der Waals surface area contributed by atoms with E-state index in [-0.39, 0.29) is 24.9 Å². The highest BCUT2D eigenvalue weighted by Crippen LogP contribution is 2.43. The fourth-order valence-corrected chi connectivity index (χ4v) is 3.22. The minimum atomic E-state index is -4.52. The number of hydrogen-bond donors (Lipinski definition) is 1. The van der Waals surface area contributed by atoms with Gasteiger partial charge in [-0.15, -0.1) is 0 Å². The topological polar surface area (TPSA) is 62.7 Å². The van der Waals surface area contributed by atoms with Gasteiger partial charge in [0.25, 0.3) is 0 Å². The molecule has 0 radical (unpaired) electrons. The Kier molecular flexibility index (Phi) is 3.51. The molecule has 1 N–H and O–H groups in total. The summed E-state index contributed by atoms with van der Waals surface area (Å²) in [7, 11) is 0. The zero-order valence-electron chi connectivity index (χ0n) is 11.6. The van der Waals surface area contributed by atoms with Gasteiger partial charge in [0, 0.05) is 19.7 Å². The zero-order chi connectivity index (χ0) is 16.0. The van der Waals surface area contributed by atoms with Gasteiger partial charge in [-0.1, -0.05) is 6.07 Å². The molecule has 0 amide bonds. The first-order chi connectivity index (χ1) is 10.3. The van der Waals surface area contributed by atoms with Gasteiger partial charge in [0.1, 0.15) is 16.9 Å². The molecule has 2 fully saturated rings. The van der Waals surface area contributed by atoms with Crippen LogP contribution in [0.4, 0.5) is 19.0 Å². The van der Waals surface area contributed by atoms with Crippen molar-refractivity contribution >= 4 is 11.8 Å². The van der Waals surface area contributed by atoms with Gasteiger partial charge in [0.05, 0.1) is 6.61 Å². The summed E-state index contributed by atoms with van der Waals surface area (Å²) in [6, 6.07) is 3.67. The van der Waals surface area contributed by atoms with Crippen molar-refractivity contribution in [1.29, 1.82) is 0 Å². The lowest BCUT2D eigenvalue weighted by molar-refractivity contribution is -0.159. The number of hydrogen-bond acceptors (Lipinski definition) is 4. The summed E-state index contributed by atoms with van der Waals surface area (Å²) < 4.78 is 43.6. The quantitative estimate of drug-likeness (QED) is 0.904. The first-order valence-electron chi connectivity index (χ1n) is 6.93. The molecule has 8 heteroatoms. The Morgan fingerprint density at radius 3 is 2.86 bits per heavy atom. The molecule has 1 aromatic rings. The summed E-state index contributed by atoms with van der Waals surface area (Å²) in [6.45, 7) is 1.05. The van der Waals surface area contributed by atoms with Crippen molar-refractivity contribution in [2.45, 2.75) is 12.6 Å². The van der Waals surface area contributed by atoms with Crippen molar-refractivity contribution in [3.8, 4) is 0 Å². The molecule has 0 bridgehead atoms. The number of aromatic nitrogens is 1. The van der Waals surface area contributed by atoms with Crippen LogP contribution >= 0.6 is 0 Å². The smallest absolute Gasteiger partial charge is 0.433 e. The molecule has 2 aliphatic rings. The van der Waals surface area contributed by atoms with E-state index in [4.69, 9.17) is 4.74 Å². The summed E-state index contributed by atoms with van der Waals surface area (Å²) >= 11 is 0. The van der Waals surface area contributed by atoms with Crippen LogP contribution < -0.4 is 4.90 Å². The van der Waals surface area contributed by atoms with E-state index in [0.29, 0.717) is 19.6 Å². The third-order valence-electron chi connectivity index (χ3n) is 4.44. The average Bonchev–Trinajstić information content (AvgIpc) is 2.87. The highest BCUT2D eigenvalue weighted by molar-refractivity contribution is 5.77. The Bertz CT molecular complexity index is 593. The Labute approximate surface area is 124 Å². The van der Waals surface area contributed by atoms with Crippen LogP contribution in [0, 0.1) is 11.3 Å². The predicted octanol–water partition coefficient (Wildman–Crippen LogP) is 2.03. The Hall–Kier alpha value is -1.83. The van der Waals surface area contributed by atoms with Gasteiger partial charge in [-0.2, -0.15) is 13.2 Å². The van der Waals surface area contributed by atoms with Crippen molar-refractivity contribution < 1.29 is 27.8 Å². The SMILES string of the molecule is O=C(O)[C@]12COCC[C@H]1CN(c1cccc(C(F)(F)F)n1)C2. The lowest BCUT2D eigenvalue weighted by atomic mass is 9.76. The van der Waals surface area contributed by atoms with Crippen LogP contribution in [0.15, 0.2) is 18.2 Å². The molecule has 5 nitrogen and oxygen atoms in total. The molecule has 0 saturated carbocycles. The molecule has 120 valence electrons. The molecule has 2 saturated heterocycles. The highest BCUT2D eigenvalue weighted by atomic mass is 19.4. The maximum absolute atomic E-state index is 12.8. The molecular formula is C14H15F3N2O3. The van der Waals surface area contributed by atoms with Crippen molar-refractivity contribution in [3.63, 3.8) is 0 Å². The number of carbonyl (C=O) groups is 1. The summed E-state index contributed by atoms with van der Waals surface area (Å²) in [6.07, 6.45) is -3.93. The van der Waals surface area contributed by atoms with E-state index < -0.39 is 23.3 Å². The van der Waals surface area contributed by atoms with Crippen LogP contribution in [0.1, 0.15) is 12.1 Å². The van der Waals surface area contributed by atoms with Gasteiger partial charge < -0.3 is 14.7 Å². The number of alkyl halides is 3. The van der Waals surface area contributed by atoms with Crippen LogP contribution in [0.2, 0.25) is 0 Å². The number of fused-ring (bicyclic) bond motifs is 1.